The highest BCUT2D eigenvalue weighted by Gasteiger charge is 2.13. The zero-order valence-corrected chi connectivity index (χ0v) is 13.7. The number of hydrogen-bond donors (Lipinski definition) is 1. The van der Waals surface area contributed by atoms with Gasteiger partial charge in [0.1, 0.15) is 0 Å². The van der Waals surface area contributed by atoms with Gasteiger partial charge in [-0.15, -0.1) is 5.10 Å². The summed E-state index contributed by atoms with van der Waals surface area (Å²) in [7, 11) is 0. The molecule has 0 aliphatic heterocycles. The van der Waals surface area contributed by atoms with Gasteiger partial charge in [-0.05, 0) is 42.5 Å². The molecule has 0 spiro atoms. The normalized spacial score (nSPS) is 10.6. The van der Waals surface area contributed by atoms with E-state index in [2.05, 4.69) is 15.5 Å². The molecule has 23 heavy (non-hydrogen) atoms. The van der Waals surface area contributed by atoms with Crippen LogP contribution < -0.4 is 5.32 Å². The van der Waals surface area contributed by atoms with Crippen molar-refractivity contribution in [1.29, 1.82) is 0 Å². The van der Waals surface area contributed by atoms with Crippen LogP contribution in [0.15, 0.2) is 46.9 Å². The van der Waals surface area contributed by atoms with Crippen LogP contribution in [-0.4, -0.2) is 16.1 Å². The van der Waals surface area contributed by atoms with Crippen LogP contribution in [0.5, 0.6) is 0 Å². The Kier molecular flexibility index (Phi) is 4.52. The van der Waals surface area contributed by atoms with E-state index in [4.69, 9.17) is 39.2 Å². The molecule has 5 nitrogen and oxygen atoms in total. The number of halogens is 3. The number of aromatic nitrogens is 2. The molecule has 0 saturated heterocycles. The Hall–Kier alpha value is -2.08. The van der Waals surface area contributed by atoms with E-state index in [1.807, 2.05) is 0 Å². The lowest BCUT2D eigenvalue weighted by Gasteiger charge is -2.02. The summed E-state index contributed by atoms with van der Waals surface area (Å²) in [4.78, 5) is 12.1. The fourth-order valence-electron chi connectivity index (χ4n) is 1.84. The first-order valence-corrected chi connectivity index (χ1v) is 7.51. The van der Waals surface area contributed by atoms with Gasteiger partial charge < -0.3 is 4.42 Å². The molecular formula is C15H8Cl3N3O2. The zero-order valence-electron chi connectivity index (χ0n) is 11.4. The second-order valence-corrected chi connectivity index (χ2v) is 5.84. The Balaban J connectivity index is 1.78. The smallest absolute Gasteiger partial charge is 0.322 e. The number of carbonyl (C=O) groups excluding carboxylic acids is 1. The Bertz CT molecular complexity index is 842. The molecule has 0 unspecified atom stereocenters. The van der Waals surface area contributed by atoms with Crippen LogP contribution in [0.2, 0.25) is 15.1 Å². The zero-order chi connectivity index (χ0) is 16.4. The van der Waals surface area contributed by atoms with E-state index in [1.165, 1.54) is 18.2 Å². The summed E-state index contributed by atoms with van der Waals surface area (Å²) in [5.41, 5.74) is 0.974. The average molecular weight is 369 g/mol. The summed E-state index contributed by atoms with van der Waals surface area (Å²) in [6.45, 7) is 0. The molecule has 1 heterocycles. The van der Waals surface area contributed by atoms with E-state index in [-0.39, 0.29) is 17.5 Å². The maximum atomic E-state index is 12.1. The molecule has 3 rings (SSSR count). The SMILES string of the molecule is O=C(Nc1nnc(-c2ccc(Cl)cc2)o1)c1cc(Cl)cc(Cl)c1. The molecule has 0 aliphatic rings. The van der Waals surface area contributed by atoms with Crippen molar-refractivity contribution >= 4 is 46.7 Å². The summed E-state index contributed by atoms with van der Waals surface area (Å²) >= 11 is 17.6. The summed E-state index contributed by atoms with van der Waals surface area (Å²) in [6, 6.07) is 11.3. The van der Waals surface area contributed by atoms with Crippen molar-refractivity contribution in [3.63, 3.8) is 0 Å². The minimum Gasteiger partial charge on any atom is -0.403 e. The maximum absolute atomic E-state index is 12.1. The monoisotopic (exact) mass is 367 g/mol. The molecule has 2 aromatic carbocycles. The largest absolute Gasteiger partial charge is 0.403 e. The molecule has 3 aromatic rings. The van der Waals surface area contributed by atoms with E-state index < -0.39 is 5.91 Å². The second kappa shape index (κ2) is 6.58. The van der Waals surface area contributed by atoms with Crippen molar-refractivity contribution in [3.8, 4) is 11.5 Å². The molecule has 0 fully saturated rings. The molecule has 1 N–H and O–H groups in total. The van der Waals surface area contributed by atoms with E-state index >= 15 is 0 Å². The van der Waals surface area contributed by atoms with Crippen LogP contribution in [0.3, 0.4) is 0 Å². The van der Waals surface area contributed by atoms with Crippen molar-refractivity contribution in [2.75, 3.05) is 5.32 Å². The highest BCUT2D eigenvalue weighted by Crippen LogP contribution is 2.23. The van der Waals surface area contributed by atoms with Gasteiger partial charge in [-0.3, -0.25) is 10.1 Å². The maximum Gasteiger partial charge on any atom is 0.322 e. The van der Waals surface area contributed by atoms with Gasteiger partial charge in [0, 0.05) is 26.2 Å². The third-order valence-electron chi connectivity index (χ3n) is 2.86. The highest BCUT2D eigenvalue weighted by molar-refractivity contribution is 6.35. The van der Waals surface area contributed by atoms with Crippen molar-refractivity contribution in [1.82, 2.24) is 10.2 Å². The number of nitrogens with one attached hydrogen (secondary N) is 1. The van der Waals surface area contributed by atoms with Crippen molar-refractivity contribution < 1.29 is 9.21 Å². The van der Waals surface area contributed by atoms with Crippen LogP contribution >= 0.6 is 34.8 Å². The predicted molar refractivity (Wildman–Crippen MR) is 89.2 cm³/mol. The highest BCUT2D eigenvalue weighted by atomic mass is 35.5. The van der Waals surface area contributed by atoms with Crippen molar-refractivity contribution in [3.05, 3.63) is 63.1 Å². The van der Waals surface area contributed by atoms with Gasteiger partial charge in [0.25, 0.3) is 5.91 Å². The molecule has 1 amide bonds. The van der Waals surface area contributed by atoms with E-state index in [1.54, 1.807) is 24.3 Å². The summed E-state index contributed by atoms with van der Waals surface area (Å²) in [5, 5.41) is 11.5. The number of amides is 1. The van der Waals surface area contributed by atoms with Gasteiger partial charge >= 0.3 is 6.01 Å². The van der Waals surface area contributed by atoms with Gasteiger partial charge in [-0.25, -0.2) is 0 Å². The number of anilines is 1. The number of hydrogen-bond acceptors (Lipinski definition) is 4. The molecule has 0 atom stereocenters. The molecule has 0 saturated carbocycles. The predicted octanol–water partition coefficient (Wildman–Crippen LogP) is 4.95. The lowest BCUT2D eigenvalue weighted by molar-refractivity contribution is 0.102. The molecule has 0 radical (unpaired) electrons. The van der Waals surface area contributed by atoms with E-state index in [0.29, 0.717) is 20.6 Å². The Morgan fingerprint density at radius 1 is 0.913 bits per heavy atom. The first-order chi connectivity index (χ1) is 11.0. The molecule has 116 valence electrons. The standard InChI is InChI=1S/C15H8Cl3N3O2/c16-10-3-1-8(2-4-10)14-20-21-15(23-14)19-13(22)9-5-11(17)7-12(18)6-9/h1-7H,(H,19,21,22). The molecule has 1 aromatic heterocycles. The molecule has 8 heteroatoms. The van der Waals surface area contributed by atoms with E-state index in [0.717, 1.165) is 0 Å². The van der Waals surface area contributed by atoms with Crippen LogP contribution in [0.25, 0.3) is 11.5 Å². The Morgan fingerprint density at radius 3 is 2.22 bits per heavy atom. The van der Waals surface area contributed by atoms with Crippen LogP contribution in [0, 0.1) is 0 Å². The van der Waals surface area contributed by atoms with Gasteiger partial charge in [0.05, 0.1) is 0 Å². The van der Waals surface area contributed by atoms with Gasteiger partial charge in [-0.1, -0.05) is 39.9 Å². The fourth-order valence-corrected chi connectivity index (χ4v) is 2.49. The molecule has 0 aliphatic carbocycles. The first kappa shape index (κ1) is 15.8. The Labute approximate surface area is 146 Å². The first-order valence-electron chi connectivity index (χ1n) is 6.38. The number of rotatable bonds is 3. The van der Waals surface area contributed by atoms with Crippen molar-refractivity contribution in [2.45, 2.75) is 0 Å². The number of benzene rings is 2. The summed E-state index contributed by atoms with van der Waals surface area (Å²) in [6.07, 6.45) is 0. The van der Waals surface area contributed by atoms with Crippen LogP contribution in [0.4, 0.5) is 6.01 Å². The molecular weight excluding hydrogens is 361 g/mol. The summed E-state index contributed by atoms with van der Waals surface area (Å²) in [5.74, 6) is -0.193. The summed E-state index contributed by atoms with van der Waals surface area (Å²) < 4.78 is 5.40. The lowest BCUT2D eigenvalue weighted by Crippen LogP contribution is -2.12. The van der Waals surface area contributed by atoms with E-state index in [9.17, 15) is 4.79 Å². The van der Waals surface area contributed by atoms with Gasteiger partial charge in [0.2, 0.25) is 5.89 Å². The second-order valence-electron chi connectivity index (χ2n) is 4.53. The van der Waals surface area contributed by atoms with Crippen LogP contribution in [0.1, 0.15) is 10.4 Å². The van der Waals surface area contributed by atoms with Crippen LogP contribution in [-0.2, 0) is 0 Å². The fraction of sp³-hybridized carbons (Fsp3) is 0. The quantitative estimate of drug-likeness (QED) is 0.710. The Morgan fingerprint density at radius 2 is 1.57 bits per heavy atom. The topological polar surface area (TPSA) is 68.0 Å². The third kappa shape index (κ3) is 3.82. The van der Waals surface area contributed by atoms with Gasteiger partial charge in [0.15, 0.2) is 0 Å². The number of carbonyl (C=O) groups is 1. The van der Waals surface area contributed by atoms with Crippen molar-refractivity contribution in [2.24, 2.45) is 0 Å². The lowest BCUT2D eigenvalue weighted by atomic mass is 10.2. The number of nitrogens with zero attached hydrogens (tertiary/aromatic N) is 2. The third-order valence-corrected chi connectivity index (χ3v) is 3.55. The molecule has 0 bridgehead atoms. The average Bonchev–Trinajstić information content (AvgIpc) is 2.95. The minimum absolute atomic E-state index is 0.0314. The minimum atomic E-state index is -0.458. The van der Waals surface area contributed by atoms with Gasteiger partial charge in [-0.2, -0.15) is 0 Å².